The van der Waals surface area contributed by atoms with E-state index in [0.29, 0.717) is 61.3 Å². The van der Waals surface area contributed by atoms with Crippen LogP contribution in [0.15, 0.2) is 70.1 Å². The van der Waals surface area contributed by atoms with Crippen LogP contribution in [0, 0.1) is 11.7 Å². The van der Waals surface area contributed by atoms with E-state index in [1.165, 1.54) is 12.1 Å². The molecular weight excluding hydrogens is 515 g/mol. The Kier molecular flexibility index (Phi) is 7.04. The van der Waals surface area contributed by atoms with Gasteiger partial charge >= 0.3 is 0 Å². The van der Waals surface area contributed by atoms with Gasteiger partial charge in [-0.2, -0.15) is 0 Å². The van der Waals surface area contributed by atoms with Gasteiger partial charge in [-0.3, -0.25) is 9.69 Å². The highest BCUT2D eigenvalue weighted by Crippen LogP contribution is 2.35. The number of aromatic amines is 1. The van der Waals surface area contributed by atoms with Crippen molar-refractivity contribution < 1.29 is 18.3 Å². The standard InChI is InChI=1S/C29H29FN6O4/c1-18(2)27(28-32-33-34-36(28)17-23-4-3-9-38-23)35(15-19-5-7-22(30)8-6-19)16-21-12-20-13-25-26(40-11-10-39-25)14-24(20)31-29(21)37/h3-9,12-14,18,27H,10-11,15-17H2,1-2H3,(H,31,37). The van der Waals surface area contributed by atoms with Crippen LogP contribution in [0.25, 0.3) is 10.9 Å². The first-order valence-corrected chi connectivity index (χ1v) is 13.2. The van der Waals surface area contributed by atoms with Gasteiger partial charge in [0.15, 0.2) is 17.3 Å². The van der Waals surface area contributed by atoms with E-state index in [1.54, 1.807) is 29.1 Å². The molecule has 1 aliphatic rings. The van der Waals surface area contributed by atoms with E-state index in [-0.39, 0.29) is 23.3 Å². The molecule has 0 aliphatic carbocycles. The molecule has 1 aliphatic heterocycles. The highest BCUT2D eigenvalue weighted by molar-refractivity contribution is 5.83. The number of benzene rings is 2. The van der Waals surface area contributed by atoms with E-state index in [9.17, 15) is 9.18 Å². The second-order valence-electron chi connectivity index (χ2n) is 10.2. The molecule has 0 amide bonds. The molecule has 3 aromatic heterocycles. The topological polar surface area (TPSA) is 111 Å². The van der Waals surface area contributed by atoms with Crippen molar-refractivity contribution in [2.75, 3.05) is 13.2 Å². The Morgan fingerprint density at radius 3 is 2.55 bits per heavy atom. The molecule has 10 nitrogen and oxygen atoms in total. The highest BCUT2D eigenvalue weighted by Gasteiger charge is 2.30. The normalized spacial score (nSPS) is 13.8. The number of hydrogen-bond donors (Lipinski definition) is 1. The Hall–Kier alpha value is -4.51. The number of H-pyrrole nitrogens is 1. The molecular formula is C29H29FN6O4. The molecule has 206 valence electrons. The Morgan fingerprint density at radius 2 is 1.82 bits per heavy atom. The zero-order valence-electron chi connectivity index (χ0n) is 22.2. The Bertz CT molecular complexity index is 1660. The average molecular weight is 545 g/mol. The van der Waals surface area contributed by atoms with Crippen LogP contribution in [0.2, 0.25) is 0 Å². The van der Waals surface area contributed by atoms with E-state index < -0.39 is 0 Å². The van der Waals surface area contributed by atoms with Gasteiger partial charge < -0.3 is 18.9 Å². The fourth-order valence-electron chi connectivity index (χ4n) is 5.17. The van der Waals surface area contributed by atoms with Gasteiger partial charge in [0.25, 0.3) is 5.56 Å². The van der Waals surface area contributed by atoms with E-state index >= 15 is 0 Å². The van der Waals surface area contributed by atoms with Crippen LogP contribution < -0.4 is 15.0 Å². The maximum atomic E-state index is 13.7. The van der Waals surface area contributed by atoms with Gasteiger partial charge in [-0.05, 0) is 58.3 Å². The third-order valence-corrected chi connectivity index (χ3v) is 6.99. The number of tetrazole rings is 1. The fraction of sp³-hybridized carbons (Fsp3) is 0.310. The predicted molar refractivity (Wildman–Crippen MR) is 144 cm³/mol. The number of furan rings is 1. The average Bonchev–Trinajstić information content (AvgIpc) is 3.62. The molecule has 11 heteroatoms. The van der Waals surface area contributed by atoms with E-state index in [4.69, 9.17) is 13.9 Å². The molecule has 0 fully saturated rings. The lowest BCUT2D eigenvalue weighted by molar-refractivity contribution is 0.125. The molecule has 2 aromatic carbocycles. The number of rotatable bonds is 9. The summed E-state index contributed by atoms with van der Waals surface area (Å²) in [6.07, 6.45) is 1.61. The van der Waals surface area contributed by atoms with Crippen molar-refractivity contribution in [3.63, 3.8) is 0 Å². The van der Waals surface area contributed by atoms with Gasteiger partial charge in [0.05, 0.1) is 17.8 Å². The Balaban J connectivity index is 1.39. The van der Waals surface area contributed by atoms with Crippen LogP contribution in [-0.4, -0.2) is 43.3 Å². The summed E-state index contributed by atoms with van der Waals surface area (Å²) < 4.78 is 32.4. The Labute approximate surface area is 229 Å². The summed E-state index contributed by atoms with van der Waals surface area (Å²) in [5, 5.41) is 13.4. The van der Waals surface area contributed by atoms with E-state index in [2.05, 4.69) is 39.3 Å². The lowest BCUT2D eigenvalue weighted by Crippen LogP contribution is -2.35. The zero-order valence-corrected chi connectivity index (χ0v) is 22.2. The lowest BCUT2D eigenvalue weighted by Gasteiger charge is -2.33. The minimum absolute atomic E-state index is 0.0684. The number of pyridine rings is 1. The van der Waals surface area contributed by atoms with Crippen molar-refractivity contribution in [2.24, 2.45) is 5.92 Å². The van der Waals surface area contributed by atoms with Crippen LogP contribution in [0.3, 0.4) is 0 Å². The summed E-state index contributed by atoms with van der Waals surface area (Å²) in [5.41, 5.74) is 1.94. The van der Waals surface area contributed by atoms with Gasteiger partial charge in [0, 0.05) is 30.1 Å². The van der Waals surface area contributed by atoms with Crippen molar-refractivity contribution in [3.05, 3.63) is 99.7 Å². The minimum Gasteiger partial charge on any atom is -0.486 e. The first-order chi connectivity index (χ1) is 19.4. The van der Waals surface area contributed by atoms with Crippen molar-refractivity contribution in [3.8, 4) is 11.5 Å². The molecule has 0 bridgehead atoms. The van der Waals surface area contributed by atoms with Crippen LogP contribution in [0.5, 0.6) is 11.5 Å². The lowest BCUT2D eigenvalue weighted by atomic mass is 9.99. The van der Waals surface area contributed by atoms with Crippen LogP contribution >= 0.6 is 0 Å². The summed E-state index contributed by atoms with van der Waals surface area (Å²) in [4.78, 5) is 18.5. The number of halogens is 1. The van der Waals surface area contributed by atoms with Crippen molar-refractivity contribution >= 4 is 10.9 Å². The number of nitrogens with zero attached hydrogens (tertiary/aromatic N) is 5. The molecule has 0 saturated heterocycles. The van der Waals surface area contributed by atoms with Crippen molar-refractivity contribution in [1.82, 2.24) is 30.1 Å². The molecule has 1 N–H and O–H groups in total. The molecule has 0 spiro atoms. The second-order valence-corrected chi connectivity index (χ2v) is 10.2. The molecule has 0 radical (unpaired) electrons. The quantitative estimate of drug-likeness (QED) is 0.290. The first kappa shape index (κ1) is 25.8. The molecule has 6 rings (SSSR count). The van der Waals surface area contributed by atoms with Gasteiger partial charge in [0.1, 0.15) is 31.3 Å². The molecule has 1 atom stereocenters. The number of fused-ring (bicyclic) bond motifs is 2. The van der Waals surface area contributed by atoms with Crippen LogP contribution in [-0.2, 0) is 19.6 Å². The van der Waals surface area contributed by atoms with E-state index in [0.717, 1.165) is 16.7 Å². The fourth-order valence-corrected chi connectivity index (χ4v) is 5.17. The molecule has 4 heterocycles. The first-order valence-electron chi connectivity index (χ1n) is 13.2. The number of nitrogens with one attached hydrogen (secondary N) is 1. The minimum atomic E-state index is -0.307. The third-order valence-electron chi connectivity index (χ3n) is 6.99. The van der Waals surface area contributed by atoms with Crippen molar-refractivity contribution in [2.45, 2.75) is 39.5 Å². The van der Waals surface area contributed by atoms with Gasteiger partial charge in [0.2, 0.25) is 0 Å². The highest BCUT2D eigenvalue weighted by atomic mass is 19.1. The second kappa shape index (κ2) is 10.9. The van der Waals surface area contributed by atoms with Gasteiger partial charge in [-0.15, -0.1) is 5.10 Å². The molecule has 0 saturated carbocycles. The summed E-state index contributed by atoms with van der Waals surface area (Å²) in [6, 6.07) is 15.4. The number of hydrogen-bond acceptors (Lipinski definition) is 8. The predicted octanol–water partition coefficient (Wildman–Crippen LogP) is 4.47. The van der Waals surface area contributed by atoms with Crippen LogP contribution in [0.1, 0.15) is 42.6 Å². The van der Waals surface area contributed by atoms with Crippen LogP contribution in [0.4, 0.5) is 4.39 Å². The van der Waals surface area contributed by atoms with E-state index in [1.807, 2.05) is 24.3 Å². The summed E-state index contributed by atoms with van der Waals surface area (Å²) in [7, 11) is 0. The number of ether oxygens (including phenoxy) is 2. The molecule has 40 heavy (non-hydrogen) atoms. The SMILES string of the molecule is CC(C)C(c1nnnn1Cc1ccco1)N(Cc1ccc(F)cc1)Cc1cc2cc3c(cc2[nH]c1=O)OCCO3. The smallest absolute Gasteiger partial charge is 0.252 e. The monoisotopic (exact) mass is 544 g/mol. The summed E-state index contributed by atoms with van der Waals surface area (Å²) in [5.74, 6) is 2.39. The third kappa shape index (κ3) is 5.32. The molecule has 5 aromatic rings. The van der Waals surface area contributed by atoms with Gasteiger partial charge in [-0.25, -0.2) is 9.07 Å². The molecule has 1 unspecified atom stereocenters. The maximum absolute atomic E-state index is 13.7. The maximum Gasteiger partial charge on any atom is 0.252 e. The largest absolute Gasteiger partial charge is 0.486 e. The Morgan fingerprint density at radius 1 is 1.05 bits per heavy atom. The summed E-state index contributed by atoms with van der Waals surface area (Å²) >= 11 is 0. The summed E-state index contributed by atoms with van der Waals surface area (Å²) in [6.45, 7) is 6.22. The van der Waals surface area contributed by atoms with Gasteiger partial charge in [-0.1, -0.05) is 26.0 Å². The zero-order chi connectivity index (χ0) is 27.6. The van der Waals surface area contributed by atoms with Crippen molar-refractivity contribution in [1.29, 1.82) is 0 Å². The number of aromatic nitrogens is 5.